The average Bonchev–Trinajstić information content (AvgIpc) is 3.26. The lowest BCUT2D eigenvalue weighted by atomic mass is 9.72. The molecule has 35 heavy (non-hydrogen) atoms. The van der Waals surface area contributed by atoms with E-state index >= 15 is 0 Å². The van der Waals surface area contributed by atoms with Crippen LogP contribution in [-0.4, -0.2) is 0 Å². The Bertz CT molecular complexity index is 1850. The van der Waals surface area contributed by atoms with Crippen molar-refractivity contribution in [3.05, 3.63) is 152 Å². The fourth-order valence-corrected chi connectivity index (χ4v) is 6.03. The number of rotatable bonds is 2. The third kappa shape index (κ3) is 3.07. The average molecular weight is 447 g/mol. The predicted octanol–water partition coefficient (Wildman–Crippen LogP) is 6.92. The standard InChI is InChI=1S/C35H26/c1-35(2)32-17-7-6-12-26(32)19-29-21-28-20-27-15-9-16-30(34(27)31(28)22-33(29)35)25-14-8-13-24(18-25)23-10-4-3-5-11-23/h3-22H,1-2H3. The summed E-state index contributed by atoms with van der Waals surface area (Å²) in [6.45, 7) is 4.72. The summed E-state index contributed by atoms with van der Waals surface area (Å²) in [6, 6.07) is 40.0. The Morgan fingerprint density at radius 3 is 2.09 bits per heavy atom. The molecule has 0 saturated carbocycles. The summed E-state index contributed by atoms with van der Waals surface area (Å²) in [5.74, 6) is 0. The van der Waals surface area contributed by atoms with Crippen molar-refractivity contribution in [2.45, 2.75) is 19.3 Å². The highest BCUT2D eigenvalue weighted by Gasteiger charge is 2.29. The lowest BCUT2D eigenvalue weighted by molar-refractivity contribution is 0.629. The Hall–Kier alpha value is -4.16. The molecule has 2 aliphatic rings. The Morgan fingerprint density at radius 2 is 1.20 bits per heavy atom. The summed E-state index contributed by atoms with van der Waals surface area (Å²) < 4.78 is 0. The van der Waals surface area contributed by atoms with E-state index in [1.165, 1.54) is 65.4 Å². The Balaban J connectivity index is 1.51. The molecule has 0 aliphatic heterocycles. The molecule has 0 aromatic heterocycles. The van der Waals surface area contributed by atoms with Crippen molar-refractivity contribution in [1.29, 1.82) is 0 Å². The number of fused-ring (bicyclic) bond motifs is 4. The molecule has 5 aromatic carbocycles. The van der Waals surface area contributed by atoms with Crippen molar-refractivity contribution in [1.82, 2.24) is 0 Å². The molecule has 166 valence electrons. The van der Waals surface area contributed by atoms with Crippen LogP contribution in [0, 0.1) is 10.4 Å². The van der Waals surface area contributed by atoms with Crippen LogP contribution < -0.4 is 10.4 Å². The van der Waals surface area contributed by atoms with Crippen molar-refractivity contribution in [3.8, 4) is 22.3 Å². The molecule has 0 amide bonds. The summed E-state index contributed by atoms with van der Waals surface area (Å²) >= 11 is 0. The highest BCUT2D eigenvalue weighted by molar-refractivity contribution is 5.75. The Morgan fingerprint density at radius 1 is 0.486 bits per heavy atom. The van der Waals surface area contributed by atoms with Gasteiger partial charge in [0.2, 0.25) is 0 Å². The van der Waals surface area contributed by atoms with E-state index in [4.69, 9.17) is 0 Å². The maximum Gasteiger partial charge on any atom is 0.0158 e. The van der Waals surface area contributed by atoms with Gasteiger partial charge in [-0.25, -0.2) is 0 Å². The van der Waals surface area contributed by atoms with Crippen LogP contribution >= 0.6 is 0 Å². The highest BCUT2D eigenvalue weighted by Crippen LogP contribution is 2.36. The lowest BCUT2D eigenvalue weighted by Gasteiger charge is -2.32. The summed E-state index contributed by atoms with van der Waals surface area (Å²) in [5, 5.41) is 5.34. The van der Waals surface area contributed by atoms with Gasteiger partial charge in [-0.1, -0.05) is 105 Å². The van der Waals surface area contributed by atoms with Crippen LogP contribution in [0.25, 0.3) is 34.4 Å². The van der Waals surface area contributed by atoms with Gasteiger partial charge in [0.15, 0.2) is 0 Å². The van der Waals surface area contributed by atoms with Gasteiger partial charge < -0.3 is 0 Å². The first-order chi connectivity index (χ1) is 17.1. The van der Waals surface area contributed by atoms with Gasteiger partial charge in [-0.05, 0) is 95.7 Å². The van der Waals surface area contributed by atoms with E-state index in [1.807, 2.05) is 0 Å². The fourth-order valence-electron chi connectivity index (χ4n) is 6.03. The van der Waals surface area contributed by atoms with Crippen LogP contribution in [0.3, 0.4) is 0 Å². The molecule has 0 radical (unpaired) electrons. The summed E-state index contributed by atoms with van der Waals surface area (Å²) in [7, 11) is 0. The maximum atomic E-state index is 2.46. The fraction of sp³-hybridized carbons (Fsp3) is 0.0857. The molecule has 0 spiro atoms. The first-order valence-corrected chi connectivity index (χ1v) is 12.4. The number of hydrogen-bond donors (Lipinski definition) is 0. The summed E-state index contributed by atoms with van der Waals surface area (Å²) in [4.78, 5) is 0. The summed E-state index contributed by atoms with van der Waals surface area (Å²) in [5.41, 5.74) is 10.5. The SMILES string of the molecule is CC1(C)c2ccccc2C=c2cc3c(cc21)=c1c(-c2cccc(-c4ccccc4)c2)cccc1=C3. The molecule has 0 N–H and O–H groups in total. The van der Waals surface area contributed by atoms with Crippen molar-refractivity contribution in [3.63, 3.8) is 0 Å². The molecule has 0 saturated heterocycles. The first-order valence-electron chi connectivity index (χ1n) is 12.4. The van der Waals surface area contributed by atoms with E-state index in [9.17, 15) is 0 Å². The molecule has 7 rings (SSSR count). The van der Waals surface area contributed by atoms with Gasteiger partial charge >= 0.3 is 0 Å². The zero-order chi connectivity index (χ0) is 23.6. The minimum atomic E-state index is -0.0410. The van der Waals surface area contributed by atoms with Crippen LogP contribution in [0.5, 0.6) is 0 Å². The molecular weight excluding hydrogens is 420 g/mol. The third-order valence-corrected chi connectivity index (χ3v) is 7.80. The predicted molar refractivity (Wildman–Crippen MR) is 146 cm³/mol. The smallest absolute Gasteiger partial charge is 0.0158 e. The van der Waals surface area contributed by atoms with Crippen molar-refractivity contribution < 1.29 is 0 Å². The molecule has 0 bridgehead atoms. The van der Waals surface area contributed by atoms with Crippen molar-refractivity contribution in [2.75, 3.05) is 0 Å². The van der Waals surface area contributed by atoms with Crippen LogP contribution in [0.4, 0.5) is 0 Å². The van der Waals surface area contributed by atoms with E-state index in [-0.39, 0.29) is 5.41 Å². The zero-order valence-electron chi connectivity index (χ0n) is 20.0. The van der Waals surface area contributed by atoms with Crippen LogP contribution in [0.1, 0.15) is 36.1 Å². The molecule has 0 heteroatoms. The quantitative estimate of drug-likeness (QED) is 0.271. The second-order valence-corrected chi connectivity index (χ2v) is 10.2. The largest absolute Gasteiger partial charge is 0.0622 e. The molecule has 5 aromatic rings. The normalized spacial score (nSPS) is 14.1. The highest BCUT2D eigenvalue weighted by atomic mass is 14.3. The van der Waals surface area contributed by atoms with E-state index < -0.39 is 0 Å². The first kappa shape index (κ1) is 20.2. The minimum absolute atomic E-state index is 0.0410. The van der Waals surface area contributed by atoms with E-state index in [0.29, 0.717) is 0 Å². The molecular formula is C35H26. The van der Waals surface area contributed by atoms with Gasteiger partial charge in [0.1, 0.15) is 0 Å². The minimum Gasteiger partial charge on any atom is -0.0622 e. The molecule has 0 unspecified atom stereocenters. The lowest BCUT2D eigenvalue weighted by Crippen LogP contribution is -2.31. The second kappa shape index (κ2) is 7.42. The Labute approximate surface area is 205 Å². The van der Waals surface area contributed by atoms with E-state index in [0.717, 1.165) is 0 Å². The summed E-state index contributed by atoms with van der Waals surface area (Å²) in [6.07, 6.45) is 4.72. The van der Waals surface area contributed by atoms with Gasteiger partial charge in [-0.2, -0.15) is 0 Å². The maximum absolute atomic E-state index is 2.46. The van der Waals surface area contributed by atoms with Gasteiger partial charge in [0.25, 0.3) is 0 Å². The van der Waals surface area contributed by atoms with Crippen LogP contribution in [-0.2, 0) is 5.41 Å². The number of benzene rings is 5. The van der Waals surface area contributed by atoms with E-state index in [1.54, 1.807) is 0 Å². The molecule has 0 fully saturated rings. The van der Waals surface area contributed by atoms with E-state index in [2.05, 4.69) is 135 Å². The monoisotopic (exact) mass is 446 g/mol. The number of hydrogen-bond acceptors (Lipinski definition) is 0. The van der Waals surface area contributed by atoms with Crippen molar-refractivity contribution >= 4 is 12.2 Å². The molecule has 0 heterocycles. The topological polar surface area (TPSA) is 0 Å². The zero-order valence-corrected chi connectivity index (χ0v) is 20.0. The molecule has 0 atom stereocenters. The van der Waals surface area contributed by atoms with Crippen molar-refractivity contribution in [2.24, 2.45) is 0 Å². The molecule has 2 aliphatic carbocycles. The van der Waals surface area contributed by atoms with Crippen LogP contribution in [0.2, 0.25) is 0 Å². The Kier molecular flexibility index (Phi) is 4.29. The van der Waals surface area contributed by atoms with Gasteiger partial charge in [-0.3, -0.25) is 0 Å². The van der Waals surface area contributed by atoms with Gasteiger partial charge in [0.05, 0.1) is 0 Å². The van der Waals surface area contributed by atoms with Gasteiger partial charge in [0, 0.05) is 5.41 Å². The van der Waals surface area contributed by atoms with Gasteiger partial charge in [-0.15, -0.1) is 0 Å². The molecule has 0 nitrogen and oxygen atoms in total. The third-order valence-electron chi connectivity index (χ3n) is 7.80. The van der Waals surface area contributed by atoms with Crippen LogP contribution in [0.15, 0.2) is 109 Å². The second-order valence-electron chi connectivity index (χ2n) is 10.2.